The van der Waals surface area contributed by atoms with Crippen LogP contribution < -0.4 is 10.6 Å². The van der Waals surface area contributed by atoms with Gasteiger partial charge in [0, 0.05) is 35.3 Å². The number of amides is 2. The molecule has 9 heteroatoms. The minimum Gasteiger partial charge on any atom is -0.504 e. The van der Waals surface area contributed by atoms with Crippen LogP contribution in [-0.4, -0.2) is 66.7 Å². The van der Waals surface area contributed by atoms with Crippen LogP contribution in [0.3, 0.4) is 0 Å². The number of rotatable bonds is 6. The fraction of sp³-hybridized carbons (Fsp3) is 0.444. The van der Waals surface area contributed by atoms with Crippen LogP contribution in [0.15, 0.2) is 51.7 Å². The Morgan fingerprint density at radius 2 is 2.03 bits per heavy atom. The second kappa shape index (κ2) is 11.3. The average Bonchev–Trinajstić information content (AvgIpc) is 3.26. The molecule has 36 heavy (non-hydrogen) atoms. The number of thiol groups is 1. The van der Waals surface area contributed by atoms with Crippen LogP contribution in [0.25, 0.3) is 10.9 Å². The van der Waals surface area contributed by atoms with Gasteiger partial charge in [-0.2, -0.15) is 0 Å². The molecule has 4 rings (SSSR count). The molecule has 2 aliphatic rings. The number of carbonyl (C=O) groups is 2. The van der Waals surface area contributed by atoms with E-state index in [0.717, 1.165) is 58.6 Å². The fourth-order valence-electron chi connectivity index (χ4n) is 4.80. The SMILES string of the molecule is CO/C=C1\CC[C@H](NC(=O)c2cc3cc(C)ccc3[nH]2)[C@H](NC(=O)C(C)=NC2=C(S)CN(C)CC2)C1. The molecule has 0 bridgehead atoms. The zero-order valence-corrected chi connectivity index (χ0v) is 22.2. The van der Waals surface area contributed by atoms with E-state index in [0.29, 0.717) is 24.2 Å². The molecule has 0 spiro atoms. The van der Waals surface area contributed by atoms with Gasteiger partial charge >= 0.3 is 0 Å². The van der Waals surface area contributed by atoms with Gasteiger partial charge in [-0.1, -0.05) is 11.6 Å². The number of likely N-dealkylation sites (N-methyl/N-ethyl adjacent to an activating group) is 1. The van der Waals surface area contributed by atoms with Crippen LogP contribution in [0.2, 0.25) is 0 Å². The number of hydrogen-bond acceptors (Lipinski definition) is 6. The maximum absolute atomic E-state index is 13.1. The molecule has 0 radical (unpaired) electrons. The Kier molecular flexibility index (Phi) is 8.21. The highest BCUT2D eigenvalue weighted by Crippen LogP contribution is 2.26. The summed E-state index contributed by atoms with van der Waals surface area (Å²) in [7, 11) is 3.66. The van der Waals surface area contributed by atoms with Gasteiger partial charge in [0.2, 0.25) is 0 Å². The number of fused-ring (bicyclic) bond motifs is 1. The van der Waals surface area contributed by atoms with Crippen LogP contribution in [0.5, 0.6) is 0 Å². The predicted octanol–water partition coefficient (Wildman–Crippen LogP) is 3.71. The van der Waals surface area contributed by atoms with Crippen LogP contribution in [0, 0.1) is 6.92 Å². The quantitative estimate of drug-likeness (QED) is 0.271. The van der Waals surface area contributed by atoms with Crippen molar-refractivity contribution in [3.05, 3.63) is 58.0 Å². The summed E-state index contributed by atoms with van der Waals surface area (Å²) in [5, 5.41) is 7.25. The first-order valence-corrected chi connectivity index (χ1v) is 12.7. The molecule has 2 heterocycles. The third-order valence-corrected chi connectivity index (χ3v) is 7.20. The lowest BCUT2D eigenvalue weighted by atomic mass is 9.86. The minimum absolute atomic E-state index is 0.186. The molecule has 3 N–H and O–H groups in total. The molecule has 1 aliphatic carbocycles. The van der Waals surface area contributed by atoms with Gasteiger partial charge < -0.3 is 25.3 Å². The first-order valence-electron chi connectivity index (χ1n) is 12.3. The summed E-state index contributed by atoms with van der Waals surface area (Å²) >= 11 is 4.56. The van der Waals surface area contributed by atoms with Crippen molar-refractivity contribution in [2.24, 2.45) is 4.99 Å². The highest BCUT2D eigenvalue weighted by atomic mass is 32.1. The lowest BCUT2D eigenvalue weighted by Gasteiger charge is -2.34. The molecule has 192 valence electrons. The molecule has 0 saturated heterocycles. The third-order valence-electron chi connectivity index (χ3n) is 6.80. The number of hydrogen-bond donors (Lipinski definition) is 4. The Hall–Kier alpha value is -3.04. The van der Waals surface area contributed by atoms with Gasteiger partial charge in [-0.05, 0) is 63.9 Å². The van der Waals surface area contributed by atoms with E-state index in [1.54, 1.807) is 20.3 Å². The van der Waals surface area contributed by atoms with E-state index < -0.39 is 0 Å². The van der Waals surface area contributed by atoms with Gasteiger partial charge in [0.05, 0.1) is 31.2 Å². The highest BCUT2D eigenvalue weighted by molar-refractivity contribution is 7.84. The van der Waals surface area contributed by atoms with Gasteiger partial charge in [-0.25, -0.2) is 0 Å². The summed E-state index contributed by atoms with van der Waals surface area (Å²) in [5.41, 5.74) is 4.90. The second-order valence-corrected chi connectivity index (χ2v) is 10.3. The molecule has 1 aromatic carbocycles. The van der Waals surface area contributed by atoms with E-state index in [9.17, 15) is 9.59 Å². The topological polar surface area (TPSA) is 98.8 Å². The number of aromatic amines is 1. The normalized spacial score (nSPS) is 22.7. The maximum atomic E-state index is 13.1. The third kappa shape index (κ3) is 6.20. The largest absolute Gasteiger partial charge is 0.504 e. The van der Waals surface area contributed by atoms with E-state index in [1.807, 2.05) is 38.2 Å². The number of ether oxygens (including phenoxy) is 1. The van der Waals surface area contributed by atoms with E-state index in [2.05, 4.69) is 38.1 Å². The number of aryl methyl sites for hydroxylation is 1. The molecule has 1 aliphatic heterocycles. The first kappa shape index (κ1) is 26.0. The number of nitrogens with zero attached hydrogens (tertiary/aromatic N) is 2. The number of nitrogens with one attached hydrogen (secondary N) is 3. The Labute approximate surface area is 217 Å². The van der Waals surface area contributed by atoms with E-state index in [-0.39, 0.29) is 23.9 Å². The number of carbonyl (C=O) groups excluding carboxylic acids is 2. The molecule has 0 unspecified atom stereocenters. The molecule has 2 aromatic rings. The zero-order chi connectivity index (χ0) is 25.8. The van der Waals surface area contributed by atoms with Crippen molar-refractivity contribution in [3.8, 4) is 0 Å². The molecule has 8 nitrogen and oxygen atoms in total. The average molecular weight is 510 g/mol. The Bertz CT molecular complexity index is 1250. The zero-order valence-electron chi connectivity index (χ0n) is 21.4. The molecule has 2 atom stereocenters. The van der Waals surface area contributed by atoms with Crippen molar-refractivity contribution < 1.29 is 14.3 Å². The van der Waals surface area contributed by atoms with E-state index in [1.165, 1.54) is 0 Å². The lowest BCUT2D eigenvalue weighted by Crippen LogP contribution is -2.54. The van der Waals surface area contributed by atoms with E-state index in [4.69, 9.17) is 4.74 Å². The Morgan fingerprint density at radius 1 is 1.22 bits per heavy atom. The predicted molar refractivity (Wildman–Crippen MR) is 146 cm³/mol. The van der Waals surface area contributed by atoms with Crippen molar-refractivity contribution in [2.45, 2.75) is 51.6 Å². The lowest BCUT2D eigenvalue weighted by molar-refractivity contribution is -0.115. The summed E-state index contributed by atoms with van der Waals surface area (Å²) in [4.78, 5) is 37.1. The summed E-state index contributed by atoms with van der Waals surface area (Å²) in [5.74, 6) is -0.430. The Balaban J connectivity index is 1.49. The van der Waals surface area contributed by atoms with Crippen LogP contribution >= 0.6 is 12.6 Å². The number of methoxy groups -OCH3 is 1. The van der Waals surface area contributed by atoms with Gasteiger partial charge in [-0.15, -0.1) is 12.6 Å². The van der Waals surface area contributed by atoms with Gasteiger partial charge in [0.1, 0.15) is 11.4 Å². The van der Waals surface area contributed by atoms with Crippen molar-refractivity contribution in [1.29, 1.82) is 0 Å². The van der Waals surface area contributed by atoms with Crippen LogP contribution in [0.1, 0.15) is 48.7 Å². The smallest absolute Gasteiger partial charge is 0.268 e. The number of aromatic nitrogens is 1. The summed E-state index contributed by atoms with van der Waals surface area (Å²) in [6.45, 7) is 5.35. The van der Waals surface area contributed by atoms with E-state index >= 15 is 0 Å². The van der Waals surface area contributed by atoms with Crippen molar-refractivity contribution in [1.82, 2.24) is 20.5 Å². The van der Waals surface area contributed by atoms with Crippen LogP contribution in [-0.2, 0) is 9.53 Å². The van der Waals surface area contributed by atoms with Crippen molar-refractivity contribution >= 4 is 41.1 Å². The van der Waals surface area contributed by atoms with Gasteiger partial charge in [0.15, 0.2) is 0 Å². The highest BCUT2D eigenvalue weighted by Gasteiger charge is 2.31. The minimum atomic E-state index is -0.282. The van der Waals surface area contributed by atoms with Crippen LogP contribution in [0.4, 0.5) is 0 Å². The number of H-pyrrole nitrogens is 1. The Morgan fingerprint density at radius 3 is 2.78 bits per heavy atom. The van der Waals surface area contributed by atoms with Gasteiger partial charge in [0.25, 0.3) is 11.8 Å². The van der Waals surface area contributed by atoms with Crippen molar-refractivity contribution in [2.75, 3.05) is 27.2 Å². The monoisotopic (exact) mass is 509 g/mol. The van der Waals surface area contributed by atoms with Crippen molar-refractivity contribution in [3.63, 3.8) is 0 Å². The number of benzene rings is 1. The molecular formula is C27H35N5O3S. The summed E-state index contributed by atoms with van der Waals surface area (Å²) in [6.07, 6.45) is 4.56. The standard InChI is InChI=1S/C27H35N5O3S/c1-16-5-7-20-19(11-16)13-24(29-20)27(34)30-21-8-6-18(15-35-4)12-23(21)31-26(33)17(2)28-22-9-10-32(3)14-25(22)36/h5,7,11,13,15,21,23,29,36H,6,8-10,12,14H2,1-4H3,(H,30,34)(H,31,33)/b18-15+,28-17?/t21-,23+/m0/s1. The molecule has 1 aromatic heterocycles. The number of aliphatic imine (C=N–C) groups is 1. The summed E-state index contributed by atoms with van der Waals surface area (Å²) in [6, 6.07) is 7.40. The molecule has 1 fully saturated rings. The first-order chi connectivity index (χ1) is 17.2. The fourth-order valence-corrected chi connectivity index (χ4v) is 5.20. The molecule has 2 amide bonds. The summed E-state index contributed by atoms with van der Waals surface area (Å²) < 4.78 is 5.22. The maximum Gasteiger partial charge on any atom is 0.268 e. The molecule has 1 saturated carbocycles. The second-order valence-electron chi connectivity index (χ2n) is 9.77. The van der Waals surface area contributed by atoms with Gasteiger partial charge in [-0.3, -0.25) is 14.6 Å². The molecular weight excluding hydrogens is 474 g/mol.